The lowest BCUT2D eigenvalue weighted by atomic mass is 10.1. The highest BCUT2D eigenvalue weighted by Crippen LogP contribution is 2.26. The van der Waals surface area contributed by atoms with Gasteiger partial charge in [-0.25, -0.2) is 0 Å². The largest absolute Gasteiger partial charge is 0.356 e. The molecule has 1 aliphatic heterocycles. The van der Waals surface area contributed by atoms with Crippen LogP contribution in [0.2, 0.25) is 5.02 Å². The summed E-state index contributed by atoms with van der Waals surface area (Å²) in [5.41, 5.74) is 3.54. The Hall–Kier alpha value is -1.32. The van der Waals surface area contributed by atoms with Gasteiger partial charge in [-0.2, -0.15) is 5.10 Å². The number of likely N-dealkylation sites (tertiary alicyclic amines) is 1. The first kappa shape index (κ1) is 24.9. The predicted octanol–water partition coefficient (Wildman–Crippen LogP) is 4.16. The molecule has 0 spiro atoms. The van der Waals surface area contributed by atoms with Gasteiger partial charge in [-0.3, -0.25) is 14.6 Å². The van der Waals surface area contributed by atoms with Crippen LogP contribution in [-0.2, 0) is 6.54 Å². The minimum absolute atomic E-state index is 0. The van der Waals surface area contributed by atoms with Crippen LogP contribution in [0.4, 0.5) is 0 Å². The summed E-state index contributed by atoms with van der Waals surface area (Å²) in [7, 11) is 1.82. The average Bonchev–Trinajstić information content (AvgIpc) is 3.33. The second kappa shape index (κ2) is 12.5. The van der Waals surface area contributed by atoms with Crippen LogP contribution in [0.25, 0.3) is 0 Å². The number of guanidine groups is 1. The van der Waals surface area contributed by atoms with Crippen LogP contribution in [0.15, 0.2) is 35.3 Å². The first-order chi connectivity index (χ1) is 14.1. The Bertz CT molecular complexity index is 816. The number of halogens is 2. The van der Waals surface area contributed by atoms with Gasteiger partial charge in [-0.05, 0) is 70.0 Å². The van der Waals surface area contributed by atoms with Crippen molar-refractivity contribution in [3.8, 4) is 0 Å². The molecule has 30 heavy (non-hydrogen) atoms. The molecular weight excluding hydrogens is 511 g/mol. The van der Waals surface area contributed by atoms with Gasteiger partial charge in [0, 0.05) is 37.4 Å². The van der Waals surface area contributed by atoms with E-state index >= 15 is 0 Å². The molecule has 1 unspecified atom stereocenters. The summed E-state index contributed by atoms with van der Waals surface area (Å²) in [5.74, 6) is 0.838. The zero-order chi connectivity index (χ0) is 20.6. The Balaban J connectivity index is 0.00000320. The topological polar surface area (TPSA) is 57.5 Å². The Labute approximate surface area is 202 Å². The first-order valence-corrected chi connectivity index (χ1v) is 10.9. The van der Waals surface area contributed by atoms with E-state index in [1.165, 1.54) is 24.1 Å². The molecular formula is C22H34ClIN6. The zero-order valence-corrected chi connectivity index (χ0v) is 21.3. The lowest BCUT2D eigenvalue weighted by Crippen LogP contribution is -2.43. The van der Waals surface area contributed by atoms with Gasteiger partial charge >= 0.3 is 0 Å². The Morgan fingerprint density at radius 3 is 2.60 bits per heavy atom. The number of nitrogens with one attached hydrogen (secondary N) is 2. The van der Waals surface area contributed by atoms with Gasteiger partial charge in [0.05, 0.1) is 11.7 Å². The van der Waals surface area contributed by atoms with Crippen LogP contribution in [-0.4, -0.2) is 53.9 Å². The van der Waals surface area contributed by atoms with Gasteiger partial charge in [-0.1, -0.05) is 23.7 Å². The van der Waals surface area contributed by atoms with Crippen molar-refractivity contribution in [3.05, 3.63) is 52.3 Å². The second-order valence-electron chi connectivity index (χ2n) is 7.70. The number of hydrogen-bond acceptors (Lipinski definition) is 3. The molecule has 1 aromatic heterocycles. The van der Waals surface area contributed by atoms with Crippen LogP contribution in [0, 0.1) is 13.8 Å². The number of aliphatic imine (C=N–C) groups is 1. The molecule has 2 aromatic rings. The number of hydrogen-bond donors (Lipinski definition) is 2. The number of nitrogens with zero attached hydrogens (tertiary/aromatic N) is 4. The first-order valence-electron chi connectivity index (χ1n) is 10.5. The van der Waals surface area contributed by atoms with Crippen LogP contribution in [0.5, 0.6) is 0 Å². The van der Waals surface area contributed by atoms with Crippen molar-refractivity contribution in [2.45, 2.75) is 45.7 Å². The molecule has 0 saturated carbocycles. The summed E-state index contributed by atoms with van der Waals surface area (Å²) >= 11 is 6.25. The molecule has 1 atom stereocenters. The Morgan fingerprint density at radius 2 is 1.97 bits per heavy atom. The van der Waals surface area contributed by atoms with E-state index in [0.717, 1.165) is 55.8 Å². The van der Waals surface area contributed by atoms with Crippen LogP contribution in [0.1, 0.15) is 42.3 Å². The minimum atomic E-state index is 0. The quantitative estimate of drug-likeness (QED) is 0.227. The molecule has 1 fully saturated rings. The van der Waals surface area contributed by atoms with Crippen molar-refractivity contribution in [1.29, 1.82) is 0 Å². The van der Waals surface area contributed by atoms with Crippen molar-refractivity contribution in [2.75, 3.05) is 33.2 Å². The summed E-state index contributed by atoms with van der Waals surface area (Å²) in [6.45, 7) is 8.96. The van der Waals surface area contributed by atoms with Gasteiger partial charge < -0.3 is 10.6 Å². The molecule has 1 aliphatic rings. The third kappa shape index (κ3) is 7.13. The number of benzene rings is 1. The third-order valence-electron chi connectivity index (χ3n) is 5.44. The van der Waals surface area contributed by atoms with Gasteiger partial charge in [0.15, 0.2) is 5.96 Å². The monoisotopic (exact) mass is 544 g/mol. The highest BCUT2D eigenvalue weighted by atomic mass is 127. The highest BCUT2D eigenvalue weighted by molar-refractivity contribution is 14.0. The molecule has 6 nitrogen and oxygen atoms in total. The maximum absolute atomic E-state index is 6.25. The molecule has 3 rings (SSSR count). The number of aromatic nitrogens is 2. The van der Waals surface area contributed by atoms with E-state index < -0.39 is 0 Å². The van der Waals surface area contributed by atoms with E-state index in [4.69, 9.17) is 11.6 Å². The Morgan fingerprint density at radius 1 is 1.20 bits per heavy atom. The second-order valence-corrected chi connectivity index (χ2v) is 8.13. The molecule has 0 aliphatic carbocycles. The van der Waals surface area contributed by atoms with E-state index in [-0.39, 0.29) is 24.0 Å². The average molecular weight is 545 g/mol. The van der Waals surface area contributed by atoms with E-state index in [0.29, 0.717) is 6.04 Å². The van der Waals surface area contributed by atoms with Gasteiger partial charge in [-0.15, -0.1) is 24.0 Å². The SMILES string of the molecule is CN=C(NCCCn1nc(C)cc1C)NCC(c1cccc(Cl)c1)N1CCCC1.I. The maximum atomic E-state index is 6.25. The lowest BCUT2D eigenvalue weighted by Gasteiger charge is -2.29. The summed E-state index contributed by atoms with van der Waals surface area (Å²) in [6.07, 6.45) is 3.51. The molecule has 2 N–H and O–H groups in total. The van der Waals surface area contributed by atoms with Crippen molar-refractivity contribution >= 4 is 41.5 Å². The van der Waals surface area contributed by atoms with Crippen LogP contribution in [0.3, 0.4) is 0 Å². The predicted molar refractivity (Wildman–Crippen MR) is 136 cm³/mol. The molecule has 2 heterocycles. The van der Waals surface area contributed by atoms with E-state index in [9.17, 15) is 0 Å². The molecule has 1 aromatic carbocycles. The highest BCUT2D eigenvalue weighted by Gasteiger charge is 2.23. The van der Waals surface area contributed by atoms with Crippen LogP contribution >= 0.6 is 35.6 Å². The van der Waals surface area contributed by atoms with E-state index in [2.05, 4.69) is 55.4 Å². The van der Waals surface area contributed by atoms with Crippen molar-refractivity contribution < 1.29 is 0 Å². The summed E-state index contributed by atoms with van der Waals surface area (Å²) in [5, 5.41) is 12.2. The summed E-state index contributed by atoms with van der Waals surface area (Å²) in [6, 6.07) is 10.6. The lowest BCUT2D eigenvalue weighted by molar-refractivity contribution is 0.245. The fourth-order valence-electron chi connectivity index (χ4n) is 3.98. The molecule has 1 saturated heterocycles. The fraction of sp³-hybridized carbons (Fsp3) is 0.545. The minimum Gasteiger partial charge on any atom is -0.356 e. The molecule has 8 heteroatoms. The fourth-order valence-corrected chi connectivity index (χ4v) is 4.17. The van der Waals surface area contributed by atoms with E-state index in [1.807, 2.05) is 26.1 Å². The van der Waals surface area contributed by atoms with E-state index in [1.54, 1.807) is 0 Å². The maximum Gasteiger partial charge on any atom is 0.191 e. The van der Waals surface area contributed by atoms with Crippen molar-refractivity contribution in [2.24, 2.45) is 4.99 Å². The third-order valence-corrected chi connectivity index (χ3v) is 5.68. The molecule has 0 radical (unpaired) electrons. The van der Waals surface area contributed by atoms with Gasteiger partial charge in [0.1, 0.15) is 0 Å². The Kier molecular flexibility index (Phi) is 10.4. The zero-order valence-electron chi connectivity index (χ0n) is 18.2. The van der Waals surface area contributed by atoms with Crippen LogP contribution < -0.4 is 10.6 Å². The molecule has 0 bridgehead atoms. The number of rotatable bonds is 8. The van der Waals surface area contributed by atoms with Crippen molar-refractivity contribution in [1.82, 2.24) is 25.3 Å². The van der Waals surface area contributed by atoms with Gasteiger partial charge in [0.2, 0.25) is 0 Å². The molecule has 0 amide bonds. The number of aryl methyl sites for hydroxylation is 3. The molecule has 166 valence electrons. The summed E-state index contributed by atoms with van der Waals surface area (Å²) < 4.78 is 2.07. The van der Waals surface area contributed by atoms with Crippen molar-refractivity contribution in [3.63, 3.8) is 0 Å². The summed E-state index contributed by atoms with van der Waals surface area (Å²) in [4.78, 5) is 6.93. The smallest absolute Gasteiger partial charge is 0.191 e. The normalized spacial score (nSPS) is 15.7. The van der Waals surface area contributed by atoms with Gasteiger partial charge in [0.25, 0.3) is 0 Å². The standard InChI is InChI=1S/C22H33ClN6.HI/c1-17-14-18(2)29(27-17)13-7-10-25-22(24-3)26-16-21(28-11-4-5-12-28)19-8-6-9-20(23)15-19;/h6,8-9,14-15,21H,4-5,7,10-13,16H2,1-3H3,(H2,24,25,26);1H.